The Morgan fingerprint density at radius 3 is 2.83 bits per heavy atom. The molecule has 1 fully saturated rings. The number of nitrogens with one attached hydrogen (secondary N) is 1. The van der Waals surface area contributed by atoms with Crippen molar-refractivity contribution in [2.75, 3.05) is 6.54 Å². The average Bonchev–Trinajstić information content (AvgIpc) is 3.30. The Hall–Kier alpha value is -2.40. The minimum absolute atomic E-state index is 0.340. The number of benzene rings is 1. The van der Waals surface area contributed by atoms with Crippen molar-refractivity contribution in [3.63, 3.8) is 0 Å². The number of aromatic nitrogens is 3. The van der Waals surface area contributed by atoms with Crippen LogP contribution in [0, 0.1) is 13.8 Å². The quantitative estimate of drug-likeness (QED) is 0.788. The van der Waals surface area contributed by atoms with Gasteiger partial charge in [-0.15, -0.1) is 0 Å². The lowest BCUT2D eigenvalue weighted by molar-refractivity contribution is 0.244. The molecule has 1 saturated heterocycles. The largest absolute Gasteiger partial charge is 0.356 e. The van der Waals surface area contributed by atoms with E-state index < -0.39 is 0 Å². The third-order valence-electron chi connectivity index (χ3n) is 5.00. The molecule has 124 valence electrons. The summed E-state index contributed by atoms with van der Waals surface area (Å²) in [5.41, 5.74) is 5.55. The summed E-state index contributed by atoms with van der Waals surface area (Å²) in [6.45, 7) is 6.08. The Morgan fingerprint density at radius 2 is 2.08 bits per heavy atom. The summed E-state index contributed by atoms with van der Waals surface area (Å²) in [5.74, 6) is 0.836. The highest BCUT2D eigenvalue weighted by molar-refractivity contribution is 5.64. The second-order valence-corrected chi connectivity index (χ2v) is 6.53. The molecule has 1 aliphatic heterocycles. The fourth-order valence-corrected chi connectivity index (χ4v) is 3.56. The van der Waals surface area contributed by atoms with Gasteiger partial charge in [0.1, 0.15) is 0 Å². The van der Waals surface area contributed by atoms with Gasteiger partial charge in [0.25, 0.3) is 0 Å². The van der Waals surface area contributed by atoms with Gasteiger partial charge in [-0.05, 0) is 38.8 Å². The van der Waals surface area contributed by atoms with Crippen molar-refractivity contribution in [3.05, 3.63) is 59.0 Å². The van der Waals surface area contributed by atoms with Crippen LogP contribution in [0.2, 0.25) is 0 Å². The highest BCUT2D eigenvalue weighted by Crippen LogP contribution is 2.38. The Bertz CT molecular complexity index is 821. The zero-order chi connectivity index (χ0) is 16.5. The molecule has 0 radical (unpaired) electrons. The van der Waals surface area contributed by atoms with E-state index in [9.17, 15) is 0 Å². The molecule has 24 heavy (non-hydrogen) atoms. The lowest BCUT2D eigenvalue weighted by Crippen LogP contribution is -2.23. The van der Waals surface area contributed by atoms with E-state index in [0.717, 1.165) is 47.8 Å². The molecule has 4 rings (SSSR count). The monoisotopic (exact) mass is 322 g/mol. The van der Waals surface area contributed by atoms with Crippen molar-refractivity contribution in [1.82, 2.24) is 20.3 Å². The van der Waals surface area contributed by atoms with Crippen LogP contribution in [0.4, 0.5) is 0 Å². The maximum atomic E-state index is 5.56. The van der Waals surface area contributed by atoms with Gasteiger partial charge in [0.15, 0.2) is 5.76 Å². The number of aromatic amines is 1. The van der Waals surface area contributed by atoms with Gasteiger partial charge in [0, 0.05) is 12.1 Å². The van der Waals surface area contributed by atoms with E-state index in [1.165, 1.54) is 12.0 Å². The Morgan fingerprint density at radius 1 is 1.25 bits per heavy atom. The molecule has 0 amide bonds. The molecule has 1 aliphatic rings. The van der Waals surface area contributed by atoms with Gasteiger partial charge < -0.3 is 4.52 Å². The van der Waals surface area contributed by atoms with Gasteiger partial charge in [-0.2, -0.15) is 5.10 Å². The van der Waals surface area contributed by atoms with Crippen molar-refractivity contribution in [2.45, 2.75) is 39.3 Å². The van der Waals surface area contributed by atoms with Crippen LogP contribution in [0.25, 0.3) is 11.3 Å². The fraction of sp³-hybridized carbons (Fsp3) is 0.368. The van der Waals surface area contributed by atoms with E-state index in [1.807, 2.05) is 20.0 Å². The molecule has 5 heteroatoms. The van der Waals surface area contributed by atoms with Crippen molar-refractivity contribution in [2.24, 2.45) is 0 Å². The van der Waals surface area contributed by atoms with Crippen LogP contribution in [0.5, 0.6) is 0 Å². The Kier molecular flexibility index (Phi) is 3.94. The standard InChI is InChI=1S/C19H22N4O/c1-13-14(2)22-24-19(13)16-11-20-21-18(16)17-9-6-10-23(17)12-15-7-4-3-5-8-15/h3-5,7-8,11,17H,6,9-10,12H2,1-2H3,(H,20,21)/t17-/m0/s1. The molecular formula is C19H22N4O. The molecule has 2 aromatic heterocycles. The summed E-state index contributed by atoms with van der Waals surface area (Å²) in [4.78, 5) is 2.52. The summed E-state index contributed by atoms with van der Waals surface area (Å²) in [5, 5.41) is 11.6. The zero-order valence-corrected chi connectivity index (χ0v) is 14.1. The number of aryl methyl sites for hydroxylation is 1. The predicted octanol–water partition coefficient (Wildman–Crippen LogP) is 4.02. The van der Waals surface area contributed by atoms with E-state index >= 15 is 0 Å². The molecule has 1 atom stereocenters. The molecule has 0 aliphatic carbocycles. The maximum Gasteiger partial charge on any atom is 0.173 e. The molecule has 1 aromatic carbocycles. The fourth-order valence-electron chi connectivity index (χ4n) is 3.56. The van der Waals surface area contributed by atoms with Crippen molar-refractivity contribution < 1.29 is 4.52 Å². The van der Waals surface area contributed by atoms with Crippen LogP contribution in [0.15, 0.2) is 41.1 Å². The van der Waals surface area contributed by atoms with Crippen LogP contribution >= 0.6 is 0 Å². The summed E-state index contributed by atoms with van der Waals surface area (Å²) in [7, 11) is 0. The van der Waals surface area contributed by atoms with E-state index in [-0.39, 0.29) is 0 Å². The molecule has 0 unspecified atom stereocenters. The minimum Gasteiger partial charge on any atom is -0.356 e. The second-order valence-electron chi connectivity index (χ2n) is 6.53. The molecule has 5 nitrogen and oxygen atoms in total. The summed E-state index contributed by atoms with van der Waals surface area (Å²) in [6, 6.07) is 11.0. The average molecular weight is 322 g/mol. The van der Waals surface area contributed by atoms with Crippen LogP contribution < -0.4 is 0 Å². The maximum absolute atomic E-state index is 5.56. The van der Waals surface area contributed by atoms with Crippen molar-refractivity contribution in [1.29, 1.82) is 0 Å². The first kappa shape index (κ1) is 15.1. The van der Waals surface area contributed by atoms with Gasteiger partial charge in [-0.25, -0.2) is 0 Å². The normalized spacial score (nSPS) is 18.3. The van der Waals surface area contributed by atoms with Gasteiger partial charge in [0.05, 0.1) is 29.2 Å². The molecule has 3 heterocycles. The third-order valence-corrected chi connectivity index (χ3v) is 5.00. The smallest absolute Gasteiger partial charge is 0.173 e. The van der Waals surface area contributed by atoms with Crippen LogP contribution in [-0.2, 0) is 6.54 Å². The van der Waals surface area contributed by atoms with Gasteiger partial charge in [0.2, 0.25) is 0 Å². The number of H-pyrrole nitrogens is 1. The zero-order valence-electron chi connectivity index (χ0n) is 14.1. The number of hydrogen-bond donors (Lipinski definition) is 1. The topological polar surface area (TPSA) is 58.0 Å². The molecular weight excluding hydrogens is 300 g/mol. The summed E-state index contributed by atoms with van der Waals surface area (Å²) < 4.78 is 5.56. The van der Waals surface area contributed by atoms with E-state index in [4.69, 9.17) is 4.52 Å². The van der Waals surface area contributed by atoms with Crippen molar-refractivity contribution in [3.8, 4) is 11.3 Å². The number of likely N-dealkylation sites (tertiary alicyclic amines) is 1. The number of hydrogen-bond acceptors (Lipinski definition) is 4. The van der Waals surface area contributed by atoms with E-state index in [1.54, 1.807) is 0 Å². The Labute approximate surface area is 141 Å². The molecule has 0 bridgehead atoms. The highest BCUT2D eigenvalue weighted by atomic mass is 16.5. The molecule has 0 saturated carbocycles. The van der Waals surface area contributed by atoms with Crippen LogP contribution in [-0.4, -0.2) is 26.8 Å². The van der Waals surface area contributed by atoms with Gasteiger partial charge in [-0.3, -0.25) is 10.00 Å². The Balaban J connectivity index is 1.64. The first-order chi connectivity index (χ1) is 11.7. The number of rotatable bonds is 4. The molecule has 0 spiro atoms. The molecule has 3 aromatic rings. The summed E-state index contributed by atoms with van der Waals surface area (Å²) in [6.07, 6.45) is 4.19. The van der Waals surface area contributed by atoms with Crippen molar-refractivity contribution >= 4 is 0 Å². The van der Waals surface area contributed by atoms with E-state index in [2.05, 4.69) is 50.6 Å². The lowest BCUT2D eigenvalue weighted by atomic mass is 10.0. The van der Waals surface area contributed by atoms with Crippen LogP contribution in [0.1, 0.15) is 41.4 Å². The first-order valence-corrected chi connectivity index (χ1v) is 8.48. The first-order valence-electron chi connectivity index (χ1n) is 8.48. The number of nitrogens with zero attached hydrogens (tertiary/aromatic N) is 3. The van der Waals surface area contributed by atoms with Gasteiger partial charge in [-0.1, -0.05) is 35.5 Å². The van der Waals surface area contributed by atoms with Gasteiger partial charge >= 0.3 is 0 Å². The summed E-state index contributed by atoms with van der Waals surface area (Å²) >= 11 is 0. The SMILES string of the molecule is Cc1noc(-c2cn[nH]c2[C@@H]2CCCN2Cc2ccccc2)c1C. The lowest BCUT2D eigenvalue weighted by Gasteiger charge is -2.24. The van der Waals surface area contributed by atoms with E-state index in [0.29, 0.717) is 6.04 Å². The highest BCUT2D eigenvalue weighted by Gasteiger charge is 2.31. The second kappa shape index (κ2) is 6.24. The van der Waals surface area contributed by atoms with Crippen LogP contribution in [0.3, 0.4) is 0 Å². The predicted molar refractivity (Wildman–Crippen MR) is 92.4 cm³/mol. The third kappa shape index (κ3) is 2.65. The minimum atomic E-state index is 0.340. The molecule has 1 N–H and O–H groups in total.